The fourth-order valence-corrected chi connectivity index (χ4v) is 9.90. The van der Waals surface area contributed by atoms with Gasteiger partial charge in [-0.1, -0.05) is 53.1 Å². The van der Waals surface area contributed by atoms with Crippen molar-refractivity contribution in [3.63, 3.8) is 0 Å². The first-order valence-corrected chi connectivity index (χ1v) is 19.1. The number of anilines is 2. The van der Waals surface area contributed by atoms with Crippen LogP contribution < -0.4 is 15.1 Å². The quantitative estimate of drug-likeness (QED) is 0.123. The maximum absolute atomic E-state index is 15.4. The number of hydrogen-bond donors (Lipinski definition) is 3. The molecule has 1 aromatic heterocycles. The van der Waals surface area contributed by atoms with E-state index in [-0.39, 0.29) is 40.1 Å². The maximum Gasteiger partial charge on any atom is 0.417 e. The Kier molecular flexibility index (Phi) is 9.59. The van der Waals surface area contributed by atoms with Crippen LogP contribution in [0.2, 0.25) is 10.0 Å². The number of amides is 4. The number of alkyl halides is 3. The van der Waals surface area contributed by atoms with Crippen LogP contribution in [0.4, 0.5) is 24.7 Å². The lowest BCUT2D eigenvalue weighted by Crippen LogP contribution is -2.53. The van der Waals surface area contributed by atoms with Crippen molar-refractivity contribution in [2.75, 3.05) is 17.4 Å². The van der Waals surface area contributed by atoms with Gasteiger partial charge in [-0.05, 0) is 94.3 Å². The summed E-state index contributed by atoms with van der Waals surface area (Å²) in [6.45, 7) is 0. The van der Waals surface area contributed by atoms with Gasteiger partial charge in [0.15, 0.2) is 17.3 Å². The number of methoxy groups -OCH3 is 1. The second-order valence-corrected chi connectivity index (χ2v) is 16.0. The minimum atomic E-state index is -4.79. The number of aromatic hydroxyl groups is 1. The van der Waals surface area contributed by atoms with E-state index in [0.29, 0.717) is 39.0 Å². The van der Waals surface area contributed by atoms with Crippen LogP contribution >= 0.6 is 39.1 Å². The van der Waals surface area contributed by atoms with Crippen LogP contribution in [0.1, 0.15) is 45.8 Å². The van der Waals surface area contributed by atoms with Crippen molar-refractivity contribution in [2.24, 2.45) is 23.7 Å². The van der Waals surface area contributed by atoms with E-state index in [0.717, 1.165) is 4.90 Å². The summed E-state index contributed by atoms with van der Waals surface area (Å²) in [6.07, 6.45) is -2.61. The Balaban J connectivity index is 1.33. The first-order chi connectivity index (χ1) is 27.5. The zero-order valence-corrected chi connectivity index (χ0v) is 32.9. The van der Waals surface area contributed by atoms with Crippen LogP contribution in [-0.2, 0) is 30.8 Å². The number of rotatable bonds is 7. The number of imide groups is 2. The first kappa shape index (κ1) is 39.4. The number of aromatic carboxylic acids is 1. The number of pyridine rings is 1. The van der Waals surface area contributed by atoms with Crippen molar-refractivity contribution in [2.45, 2.75) is 30.4 Å². The monoisotopic (exact) mass is 898 g/mol. The number of fused-ring (bicyclic) bond motifs is 4. The van der Waals surface area contributed by atoms with E-state index in [1.807, 2.05) is 0 Å². The number of carbonyl (C=O) groups excluding carboxylic acids is 4. The Morgan fingerprint density at radius 3 is 2.38 bits per heavy atom. The van der Waals surface area contributed by atoms with Gasteiger partial charge in [-0.25, -0.2) is 9.78 Å². The van der Waals surface area contributed by atoms with E-state index in [1.54, 1.807) is 24.3 Å². The second-order valence-electron chi connectivity index (χ2n) is 14.3. The van der Waals surface area contributed by atoms with Crippen LogP contribution in [0.25, 0.3) is 0 Å². The number of ether oxygens (including phenoxy) is 1. The summed E-state index contributed by atoms with van der Waals surface area (Å²) in [6, 6.07) is 15.3. The number of carboxylic acids is 1. The smallest absolute Gasteiger partial charge is 0.417 e. The average molecular weight is 900 g/mol. The zero-order valence-electron chi connectivity index (χ0n) is 29.8. The van der Waals surface area contributed by atoms with Crippen molar-refractivity contribution in [1.29, 1.82) is 0 Å². The molecule has 4 aromatic rings. The molecule has 18 heteroatoms. The molecule has 0 bridgehead atoms. The Bertz CT molecular complexity index is 2500. The third-order valence-electron chi connectivity index (χ3n) is 11.5. The molecule has 0 spiro atoms. The standard InChI is InChI=1S/C40H28BrCl2F3N4O8/c1-58-29-13-18(12-27(41)32(29)51)31-23-9-10-24-30(36(54)49(34(24)52)22-4-2-3-17(11-22)37(55)56)25(23)15-26-35(53)50(38(57)39(26,31)19-5-7-21(42)8-6-19)48-33-28(43)14-20(16-47-33)40(44,45)46/h2-9,11-14,16,24-26,30-31,51H,10,15H2,1H3,(H,47,48)(H,55,56)/t24-,25+,26-,30-,31-,39+/m0/s1. The molecule has 12 nitrogen and oxygen atoms in total. The number of benzene rings is 3. The van der Waals surface area contributed by atoms with E-state index in [2.05, 4.69) is 26.3 Å². The van der Waals surface area contributed by atoms with E-state index in [1.165, 1.54) is 49.6 Å². The second kappa shape index (κ2) is 14.1. The van der Waals surface area contributed by atoms with Crippen LogP contribution in [0.3, 0.4) is 0 Å². The molecule has 8 rings (SSSR count). The predicted molar refractivity (Wildman–Crippen MR) is 205 cm³/mol. The normalized spacial score (nSPS) is 25.3. The number of nitrogens with one attached hydrogen (secondary N) is 1. The SMILES string of the molecule is COc1cc([C@H]2C3=CC[C@@H]4C(=O)N(c5cccc(C(=O)O)c5)C(=O)[C@@H]4[C@@H]3C[C@H]3C(=O)N(Nc4ncc(C(F)(F)F)cc4Cl)C(=O)[C@@]23c2ccc(Cl)cc2)cc(Br)c1O. The van der Waals surface area contributed by atoms with Gasteiger partial charge in [-0.3, -0.25) is 29.5 Å². The molecule has 0 unspecified atom stereocenters. The molecule has 3 fully saturated rings. The fraction of sp³-hybridized carbons (Fsp3) is 0.250. The molecule has 2 aliphatic heterocycles. The van der Waals surface area contributed by atoms with E-state index < -0.39 is 87.2 Å². The highest BCUT2D eigenvalue weighted by Gasteiger charge is 2.70. The lowest BCUT2D eigenvalue weighted by atomic mass is 9.49. The predicted octanol–water partition coefficient (Wildman–Crippen LogP) is 7.77. The Hall–Kier alpha value is -5.45. The van der Waals surface area contributed by atoms with E-state index in [9.17, 15) is 42.6 Å². The number of hydrazine groups is 1. The number of phenolic OH excluding ortho intramolecular Hbond substituents is 1. The van der Waals surface area contributed by atoms with Crippen molar-refractivity contribution >= 4 is 80.2 Å². The minimum absolute atomic E-state index is 0.00712. The molecule has 298 valence electrons. The summed E-state index contributed by atoms with van der Waals surface area (Å²) < 4.78 is 46.2. The van der Waals surface area contributed by atoms with Gasteiger partial charge in [-0.15, -0.1) is 0 Å². The lowest BCUT2D eigenvalue weighted by molar-refractivity contribution is -0.139. The Morgan fingerprint density at radius 1 is 1.00 bits per heavy atom. The largest absolute Gasteiger partial charge is 0.503 e. The van der Waals surface area contributed by atoms with Gasteiger partial charge in [-0.2, -0.15) is 18.2 Å². The van der Waals surface area contributed by atoms with E-state index >= 15 is 4.79 Å². The molecule has 1 saturated carbocycles. The number of phenols is 1. The summed E-state index contributed by atoms with van der Waals surface area (Å²) in [5.41, 5.74) is 0.714. The number of allylic oxidation sites excluding steroid dienone is 2. The number of halogens is 6. The van der Waals surface area contributed by atoms with Crippen LogP contribution in [0.15, 0.2) is 89.0 Å². The van der Waals surface area contributed by atoms with Gasteiger partial charge < -0.3 is 14.9 Å². The third kappa shape index (κ3) is 5.94. The molecule has 0 radical (unpaired) electrons. The Morgan fingerprint density at radius 2 is 1.72 bits per heavy atom. The molecule has 3 aromatic carbocycles. The number of nitrogens with zero attached hydrogens (tertiary/aromatic N) is 3. The summed E-state index contributed by atoms with van der Waals surface area (Å²) in [5, 5.41) is 21.0. The van der Waals surface area contributed by atoms with Gasteiger partial charge in [0.05, 0.1) is 56.6 Å². The number of carboxylic acid groups (broad SMARTS) is 1. The van der Waals surface area contributed by atoms with Crippen LogP contribution in [0, 0.1) is 23.7 Å². The van der Waals surface area contributed by atoms with Crippen molar-refractivity contribution in [3.05, 3.63) is 121 Å². The minimum Gasteiger partial charge on any atom is -0.503 e. The van der Waals surface area contributed by atoms with E-state index in [4.69, 9.17) is 27.9 Å². The first-order valence-electron chi connectivity index (χ1n) is 17.6. The maximum atomic E-state index is 15.4. The molecule has 3 heterocycles. The van der Waals surface area contributed by atoms with Gasteiger partial charge in [0, 0.05) is 17.1 Å². The zero-order chi connectivity index (χ0) is 41.6. The van der Waals surface area contributed by atoms with Crippen molar-refractivity contribution in [3.8, 4) is 11.5 Å². The average Bonchev–Trinajstić information content (AvgIpc) is 3.57. The fourth-order valence-electron chi connectivity index (χ4n) is 9.11. The topological polar surface area (TPSA) is 166 Å². The highest BCUT2D eigenvalue weighted by atomic mass is 79.9. The molecular weight excluding hydrogens is 872 g/mol. The summed E-state index contributed by atoms with van der Waals surface area (Å²) in [4.78, 5) is 75.6. The summed E-state index contributed by atoms with van der Waals surface area (Å²) in [7, 11) is 1.32. The highest BCUT2D eigenvalue weighted by molar-refractivity contribution is 9.10. The van der Waals surface area contributed by atoms with Gasteiger partial charge in [0.1, 0.15) is 0 Å². The van der Waals surface area contributed by atoms with Gasteiger partial charge in [0.25, 0.3) is 11.8 Å². The molecule has 58 heavy (non-hydrogen) atoms. The molecule has 2 aliphatic carbocycles. The third-order valence-corrected chi connectivity index (χ3v) is 12.7. The molecule has 6 atom stereocenters. The van der Waals surface area contributed by atoms with Crippen molar-refractivity contribution in [1.82, 2.24) is 9.99 Å². The summed E-state index contributed by atoms with van der Waals surface area (Å²) in [5.74, 6) is -9.97. The van der Waals surface area contributed by atoms with Gasteiger partial charge in [0.2, 0.25) is 11.8 Å². The van der Waals surface area contributed by atoms with Crippen LogP contribution in [-0.4, -0.2) is 56.9 Å². The molecule has 4 amide bonds. The molecule has 4 aliphatic rings. The molecule has 2 saturated heterocycles. The molecule has 3 N–H and O–H groups in total. The van der Waals surface area contributed by atoms with Gasteiger partial charge >= 0.3 is 12.1 Å². The van der Waals surface area contributed by atoms with Crippen LogP contribution in [0.5, 0.6) is 11.5 Å². The van der Waals surface area contributed by atoms with Crippen molar-refractivity contribution < 1.29 is 52.1 Å². The lowest BCUT2D eigenvalue weighted by Gasteiger charge is -2.50. The number of aromatic nitrogens is 1. The number of hydrogen-bond acceptors (Lipinski definition) is 9. The number of carbonyl (C=O) groups is 5. The molecular formula is C40H28BrCl2F3N4O8. The summed E-state index contributed by atoms with van der Waals surface area (Å²) >= 11 is 16.0. The highest BCUT2D eigenvalue weighted by Crippen LogP contribution is 2.65. The Labute approximate surface area is 345 Å².